The average molecular weight is 1720 g/mol. The number of hydrogen-bond donors (Lipinski definition) is 23. The summed E-state index contributed by atoms with van der Waals surface area (Å²) in [7, 11) is 0. The van der Waals surface area contributed by atoms with Gasteiger partial charge in [0.1, 0.15) is 96.5 Å². The molecular formula is C78H107F2N19O19S2. The first kappa shape index (κ1) is 98.7. The second-order valence-electron chi connectivity index (χ2n) is 28.4. The number of hydrogen-bond acceptors (Lipinski definition) is 23. The highest BCUT2D eigenvalue weighted by molar-refractivity contribution is 7.80. The number of carboxylic acid groups (broad SMARTS) is 1. The molecule has 42 heteroatoms. The van der Waals surface area contributed by atoms with E-state index in [1.54, 1.807) is 60.8 Å². The number of unbranched alkanes of at least 4 members (excludes halogenated alkanes) is 1. The van der Waals surface area contributed by atoms with Crippen LogP contribution in [0.25, 0.3) is 10.9 Å². The molecule has 0 unspecified atom stereocenters. The van der Waals surface area contributed by atoms with Crippen LogP contribution in [0.2, 0.25) is 0 Å². The molecule has 120 heavy (non-hydrogen) atoms. The number of primary amides is 1. The average Bonchev–Trinajstić information content (AvgIpc) is 1.77. The minimum atomic E-state index is -1.89. The van der Waals surface area contributed by atoms with Crippen LogP contribution in [-0.2, 0) is 107 Å². The van der Waals surface area contributed by atoms with Crippen LogP contribution in [-0.4, -0.2) is 240 Å². The molecule has 0 fully saturated rings. The van der Waals surface area contributed by atoms with Crippen LogP contribution in [0.3, 0.4) is 0 Å². The third-order valence-corrected chi connectivity index (χ3v) is 19.1. The summed E-state index contributed by atoms with van der Waals surface area (Å²) in [6.45, 7) is 3.76. The molecule has 1 heterocycles. The number of H-pyrrole nitrogens is 1. The molecule has 0 aliphatic heterocycles. The van der Waals surface area contributed by atoms with Crippen LogP contribution in [0.5, 0.6) is 5.75 Å². The molecule has 38 nitrogen and oxygen atoms in total. The van der Waals surface area contributed by atoms with E-state index in [0.717, 1.165) is 19.1 Å². The number of phenols is 1. The number of thiol groups is 2. The predicted molar refractivity (Wildman–Crippen MR) is 440 cm³/mol. The van der Waals surface area contributed by atoms with Crippen molar-refractivity contribution in [3.05, 3.63) is 137 Å². The number of amides is 15. The zero-order valence-corrected chi connectivity index (χ0v) is 68.3. The molecule has 25 N–H and O–H groups in total. The summed E-state index contributed by atoms with van der Waals surface area (Å²) in [6, 6.07) is 4.10. The summed E-state index contributed by atoms with van der Waals surface area (Å²) >= 11 is 8.40. The summed E-state index contributed by atoms with van der Waals surface area (Å²) in [5, 5.41) is 55.4. The summed E-state index contributed by atoms with van der Waals surface area (Å²) in [6.07, 6.45) is 0.115. The fraction of sp³-hybridized carbons (Fsp3) is 0.462. The number of fused-ring (bicyclic) bond motifs is 1. The molecule has 12 atom stereocenters. The highest BCUT2D eigenvalue weighted by Gasteiger charge is 2.38. The van der Waals surface area contributed by atoms with Crippen molar-refractivity contribution in [3.8, 4) is 5.75 Å². The molecule has 0 bridgehead atoms. The Labute approximate surface area is 700 Å². The normalized spacial score (nSPS) is 14.1. The molecule has 654 valence electrons. The first-order chi connectivity index (χ1) is 57.1. The minimum Gasteiger partial charge on any atom is -0.508 e. The first-order valence-corrected chi connectivity index (χ1v) is 39.7. The van der Waals surface area contributed by atoms with Crippen molar-refractivity contribution >= 4 is 131 Å². The van der Waals surface area contributed by atoms with Crippen molar-refractivity contribution in [2.75, 3.05) is 57.4 Å². The molecule has 15 amide bonds. The molecule has 5 aromatic rings. The number of phenolic OH excluding ortho intramolecular Hbond substituents is 1. The molecule has 0 radical (unpaired) electrons. The number of nitrogens with one attached hydrogen (secondary N) is 15. The van der Waals surface area contributed by atoms with Gasteiger partial charge in [-0.2, -0.15) is 25.3 Å². The highest BCUT2D eigenvalue weighted by atomic mass is 32.1. The minimum absolute atomic E-state index is 0.0288. The number of carbonyl (C=O) groups is 16. The van der Waals surface area contributed by atoms with Gasteiger partial charge in [0.25, 0.3) is 0 Å². The summed E-state index contributed by atoms with van der Waals surface area (Å²) in [5.74, 6) is -19.6. The monoisotopic (exact) mass is 1720 g/mol. The fourth-order valence-corrected chi connectivity index (χ4v) is 12.5. The Kier molecular flexibility index (Phi) is 41.8. The highest BCUT2D eigenvalue weighted by Crippen LogP contribution is 2.21. The zero-order chi connectivity index (χ0) is 88.7. The smallest absolute Gasteiger partial charge is 0.305 e. The van der Waals surface area contributed by atoms with E-state index >= 15 is 0 Å². The third-order valence-electron chi connectivity index (χ3n) is 18.4. The van der Waals surface area contributed by atoms with Gasteiger partial charge in [-0.25, -0.2) is 8.78 Å². The van der Waals surface area contributed by atoms with E-state index in [-0.39, 0.29) is 74.4 Å². The Morgan fingerprint density at radius 1 is 0.475 bits per heavy atom. The van der Waals surface area contributed by atoms with E-state index < -0.39 is 229 Å². The van der Waals surface area contributed by atoms with Gasteiger partial charge in [-0.15, -0.1) is 0 Å². The van der Waals surface area contributed by atoms with E-state index in [1.807, 2.05) is 0 Å². The number of carboxylic acids is 1. The molecule has 0 spiro atoms. The van der Waals surface area contributed by atoms with Gasteiger partial charge in [-0.05, 0) is 111 Å². The second-order valence-corrected chi connectivity index (χ2v) is 29.1. The standard InChI is InChI=1S/C78H107F2N19O19S2/c1-41(2)66(99-74(113)58(32-47-36-86-52-16-9-8-15-51(47)52)96-73(112)59(34-65(104)105)92-68(107)42(3)88-76(115)61(39-119)89-43(4)100)78(117)98-62(40-120)77(116)95-56(30-45-19-21-50(101)22-20-45)72(111)94-57(31-46-27-48(79)33-49(80)28-46)71(110)91-54(18-12-24-82)70(109)97-60(35-83)75(114)93-55(29-44-13-6-5-7-14-44)69(108)87-37-63(102)85-25-26-118-38-64(103)90-53(67(84)106)17-10-11-23-81/h5-9,13-16,19-22,27-28,33,36,41-42,53-62,66,86,101,119-120H,10-12,17-18,23-26,29-32,34-35,37-40,81-83H2,1-4H3,(H2,84,106)(H,85,102)(H,87,108)(H,88,115)(H,89,100)(H,90,103)(H,91,110)(H,92,107)(H,93,114)(H,94,111)(H,95,116)(H,96,112)(H,97,109)(H,98,117)(H,99,113)(H,104,105)/t42-,53+,54-,55-,56-,57-,58-,59-,60-,61-,62-,66-/m0/s1. The Morgan fingerprint density at radius 3 is 1.53 bits per heavy atom. The summed E-state index contributed by atoms with van der Waals surface area (Å²) in [5.41, 5.74) is 24.5. The number of nitrogens with two attached hydrogens (primary N) is 4. The molecule has 0 saturated heterocycles. The van der Waals surface area contributed by atoms with Gasteiger partial charge >= 0.3 is 5.97 Å². The number of aromatic amines is 1. The number of carbonyl (C=O) groups excluding carboxylic acids is 15. The van der Waals surface area contributed by atoms with E-state index in [9.17, 15) is 95.7 Å². The number of para-hydroxylation sites is 1. The van der Waals surface area contributed by atoms with Crippen LogP contribution in [0.15, 0.2) is 103 Å². The molecule has 0 aliphatic carbocycles. The topological polar surface area (TPSA) is 611 Å². The molecule has 0 aliphatic rings. The molecule has 1 aromatic heterocycles. The van der Waals surface area contributed by atoms with Gasteiger partial charge < -0.3 is 117 Å². The van der Waals surface area contributed by atoms with Gasteiger partial charge in [-0.1, -0.05) is 74.5 Å². The van der Waals surface area contributed by atoms with Crippen molar-refractivity contribution in [3.63, 3.8) is 0 Å². The molecule has 4 aromatic carbocycles. The molecule has 0 saturated carbocycles. The summed E-state index contributed by atoms with van der Waals surface area (Å²) < 4.78 is 35.3. The van der Waals surface area contributed by atoms with Gasteiger partial charge in [0, 0.05) is 80.4 Å². The zero-order valence-electron chi connectivity index (χ0n) is 66.5. The van der Waals surface area contributed by atoms with Crippen LogP contribution in [0, 0.1) is 17.6 Å². The maximum atomic E-state index is 15.0. The largest absolute Gasteiger partial charge is 0.508 e. The van der Waals surface area contributed by atoms with Crippen LogP contribution in [0.4, 0.5) is 8.78 Å². The van der Waals surface area contributed by atoms with E-state index in [0.29, 0.717) is 47.5 Å². The third kappa shape index (κ3) is 33.9. The van der Waals surface area contributed by atoms with Crippen LogP contribution >= 0.6 is 25.3 Å². The second kappa shape index (κ2) is 50.8. The van der Waals surface area contributed by atoms with Crippen molar-refractivity contribution < 1.29 is 100 Å². The lowest BCUT2D eigenvalue weighted by molar-refractivity contribution is -0.141. The van der Waals surface area contributed by atoms with Crippen molar-refractivity contribution in [2.45, 2.75) is 164 Å². The Morgan fingerprint density at radius 2 is 0.958 bits per heavy atom. The quantitative estimate of drug-likeness (QED) is 0.0130. The van der Waals surface area contributed by atoms with Gasteiger partial charge in [0.15, 0.2) is 0 Å². The summed E-state index contributed by atoms with van der Waals surface area (Å²) in [4.78, 5) is 221. The maximum Gasteiger partial charge on any atom is 0.305 e. The Bertz CT molecular complexity index is 4340. The maximum absolute atomic E-state index is 15.0. The lowest BCUT2D eigenvalue weighted by Gasteiger charge is -2.29. The predicted octanol–water partition coefficient (Wildman–Crippen LogP) is -4.17. The number of ether oxygens (including phenoxy) is 1. The van der Waals surface area contributed by atoms with Crippen molar-refractivity contribution in [2.24, 2.45) is 28.9 Å². The number of aromatic nitrogens is 1. The van der Waals surface area contributed by atoms with Crippen molar-refractivity contribution in [1.82, 2.24) is 79.4 Å². The number of rotatable bonds is 52. The SMILES string of the molecule is CC(=O)N[C@@H](CS)C(=O)N[C@@H](C)C(=O)N[C@@H](CC(=O)O)C(=O)N[C@@H](Cc1c[nH]c2ccccc12)C(=O)N[C@H](C(=O)N[C@@H](CS)C(=O)N[C@@H](Cc1ccc(O)cc1)C(=O)N[C@@H](Cc1cc(F)cc(F)c1)C(=O)N[C@@H](CCCN)C(=O)N[C@@H](CN)C(=O)N[C@@H](Cc1ccccc1)C(=O)NCC(=O)NCCOCC(=O)N[C@H](CCCCN)C(N)=O)C(C)C. The number of benzene rings is 4. The lowest BCUT2D eigenvalue weighted by Crippen LogP contribution is -2.62. The van der Waals surface area contributed by atoms with Gasteiger partial charge in [-0.3, -0.25) is 76.7 Å². The van der Waals surface area contributed by atoms with E-state index in [4.69, 9.17) is 27.7 Å². The molecule has 5 rings (SSSR count). The first-order valence-electron chi connectivity index (χ1n) is 38.4. The van der Waals surface area contributed by atoms with Crippen LogP contribution < -0.4 is 97.4 Å². The van der Waals surface area contributed by atoms with E-state index in [2.05, 4.69) is 105 Å². The van der Waals surface area contributed by atoms with Gasteiger partial charge in [0.05, 0.1) is 19.6 Å². The Balaban J connectivity index is 1.36. The fourth-order valence-electron chi connectivity index (χ4n) is 12.0. The number of halogens is 2. The van der Waals surface area contributed by atoms with Crippen molar-refractivity contribution in [1.29, 1.82) is 0 Å². The number of aromatic hydroxyl groups is 1. The van der Waals surface area contributed by atoms with Gasteiger partial charge in [0.2, 0.25) is 88.6 Å². The van der Waals surface area contributed by atoms with E-state index in [1.165, 1.54) is 45.0 Å². The lowest BCUT2D eigenvalue weighted by atomic mass is 9.99. The molecular weight excluding hydrogens is 1610 g/mol. The van der Waals surface area contributed by atoms with Crippen LogP contribution in [0.1, 0.15) is 88.5 Å². The number of aliphatic carboxylic acids is 1. The Hall–Kier alpha value is -11.9.